The highest BCUT2D eigenvalue weighted by molar-refractivity contribution is 7.90. The molecule has 0 heterocycles. The lowest BCUT2D eigenvalue weighted by Gasteiger charge is -2.64. The smallest absolute Gasteiger partial charge is 0.421 e. The molecule has 0 aliphatic heterocycles. The predicted molar refractivity (Wildman–Crippen MR) is 165 cm³/mol. The fourth-order valence-electron chi connectivity index (χ4n) is 10.4. The van der Waals surface area contributed by atoms with Crippen LogP contribution in [0, 0.1) is 52.3 Å². The summed E-state index contributed by atoms with van der Waals surface area (Å²) >= 11 is 0. The number of fused-ring (bicyclic) bond motifs is 5. The van der Waals surface area contributed by atoms with Crippen LogP contribution in [0.5, 0.6) is 5.75 Å². The monoisotopic (exact) mass is 619 g/mol. The lowest BCUT2D eigenvalue weighted by atomic mass is 9.41. The van der Waals surface area contributed by atoms with Gasteiger partial charge in [0.1, 0.15) is 5.75 Å². The molecule has 4 aliphatic rings. The fourth-order valence-corrected chi connectivity index (χ4v) is 11.3. The maximum Gasteiger partial charge on any atom is 0.421 e. The number of aliphatic hydroxyl groups is 2. The van der Waals surface area contributed by atoms with Gasteiger partial charge in [-0.2, -0.15) is 0 Å². The number of carbonyl (C=O) groups is 1. The molecule has 0 aromatic heterocycles. The number of amides is 1. The van der Waals surface area contributed by atoms with Gasteiger partial charge in [-0.3, -0.25) is 0 Å². The first-order valence-electron chi connectivity index (χ1n) is 16.5. The summed E-state index contributed by atoms with van der Waals surface area (Å²) in [6.45, 7) is 13.0. The summed E-state index contributed by atoms with van der Waals surface area (Å²) in [5, 5.41) is 22.4. The van der Waals surface area contributed by atoms with Crippen LogP contribution in [0.2, 0.25) is 0 Å². The molecular weight excluding hydrogens is 566 g/mol. The van der Waals surface area contributed by atoms with Crippen molar-refractivity contribution < 1.29 is 32.9 Å². The molecule has 0 radical (unpaired) electrons. The molecule has 5 rings (SSSR count). The predicted octanol–water partition coefficient (Wildman–Crippen LogP) is 6.15. The minimum atomic E-state index is -4.07. The SMILES string of the molecule is CC[C@H]1[C@@H](O)[C@@H]2[C@H](CC[C@]3(C)[C@@H]([C@H](C)COC(=O)NS(=O)(=O)c4ccc(OC(C)C)cc4)CC[C@@H]23)[C@@]2(C)CC[C@@H](O)C[C@@H]12. The molecule has 1 amide bonds. The van der Waals surface area contributed by atoms with Gasteiger partial charge < -0.3 is 19.7 Å². The van der Waals surface area contributed by atoms with E-state index in [2.05, 4.69) is 32.4 Å². The molecule has 8 nitrogen and oxygen atoms in total. The number of hydrogen-bond donors (Lipinski definition) is 3. The van der Waals surface area contributed by atoms with Crippen molar-refractivity contribution >= 4 is 16.1 Å². The van der Waals surface area contributed by atoms with Crippen molar-refractivity contribution in [1.82, 2.24) is 4.72 Å². The summed E-state index contributed by atoms with van der Waals surface area (Å²) in [7, 11) is -4.07. The van der Waals surface area contributed by atoms with Gasteiger partial charge >= 0.3 is 6.09 Å². The third kappa shape index (κ3) is 5.95. The van der Waals surface area contributed by atoms with Gasteiger partial charge in [0.25, 0.3) is 10.0 Å². The fraction of sp³-hybridized carbons (Fsp3) is 0.794. The van der Waals surface area contributed by atoms with Gasteiger partial charge in [-0.25, -0.2) is 17.9 Å². The number of hydrogen-bond acceptors (Lipinski definition) is 7. The first-order valence-corrected chi connectivity index (χ1v) is 18.0. The Labute approximate surface area is 258 Å². The van der Waals surface area contributed by atoms with Crippen molar-refractivity contribution in [3.63, 3.8) is 0 Å². The van der Waals surface area contributed by atoms with Crippen LogP contribution in [0.15, 0.2) is 29.2 Å². The zero-order chi connectivity index (χ0) is 31.3. The van der Waals surface area contributed by atoms with E-state index in [9.17, 15) is 23.4 Å². The Bertz CT molecular complexity index is 1250. The van der Waals surface area contributed by atoms with E-state index in [1.54, 1.807) is 12.1 Å². The number of benzene rings is 1. The average Bonchev–Trinajstić information content (AvgIpc) is 3.30. The Hall–Kier alpha value is -1.84. The highest BCUT2D eigenvalue weighted by atomic mass is 32.2. The molecule has 0 saturated heterocycles. The molecule has 4 aliphatic carbocycles. The lowest BCUT2D eigenvalue weighted by Crippen LogP contribution is -2.62. The maximum atomic E-state index is 12.8. The summed E-state index contributed by atoms with van der Waals surface area (Å²) in [6, 6.07) is 5.95. The molecule has 3 N–H and O–H groups in total. The van der Waals surface area contributed by atoms with Gasteiger partial charge in [0.2, 0.25) is 0 Å². The quantitative estimate of drug-likeness (QED) is 0.319. The van der Waals surface area contributed by atoms with Crippen LogP contribution in [0.1, 0.15) is 92.9 Å². The zero-order valence-corrected chi connectivity index (χ0v) is 27.6. The second-order valence-corrected chi connectivity index (χ2v) is 16.6. The van der Waals surface area contributed by atoms with E-state index in [-0.39, 0.29) is 58.4 Å². The zero-order valence-electron chi connectivity index (χ0n) is 26.8. The standard InChI is InChI=1S/C34H53NO7S/c1-7-25-29-18-22(36)14-16-34(29,6)28-15-17-33(5)26(12-13-27(33)30(28)31(25)37)21(4)19-41-32(38)35-43(39,40)24-10-8-23(9-11-24)42-20(2)3/h8-11,20-22,25-31,36-37H,7,12-19H2,1-6H3,(H,35,38)/t21-,22-,25-,26-,27+,28+,29+,30+,31-,33-,34-/m1/s1. The van der Waals surface area contributed by atoms with Gasteiger partial charge in [0.05, 0.1) is 29.8 Å². The van der Waals surface area contributed by atoms with E-state index < -0.39 is 16.1 Å². The highest BCUT2D eigenvalue weighted by Crippen LogP contribution is 2.69. The molecule has 0 bridgehead atoms. The third-order valence-corrected chi connectivity index (χ3v) is 13.7. The number of sulfonamides is 1. The summed E-state index contributed by atoms with van der Waals surface area (Å²) in [6.07, 6.45) is 6.27. The van der Waals surface area contributed by atoms with Crippen LogP contribution in [0.25, 0.3) is 0 Å². The minimum absolute atomic E-state index is 0.0307. The Morgan fingerprint density at radius 1 is 0.977 bits per heavy atom. The molecule has 4 saturated carbocycles. The second kappa shape index (κ2) is 12.2. The van der Waals surface area contributed by atoms with Crippen molar-refractivity contribution in [1.29, 1.82) is 0 Å². The van der Waals surface area contributed by atoms with Gasteiger partial charge in [-0.1, -0.05) is 34.1 Å². The average molecular weight is 620 g/mol. The molecule has 1 aromatic carbocycles. The van der Waals surface area contributed by atoms with Gasteiger partial charge in [0.15, 0.2) is 0 Å². The van der Waals surface area contributed by atoms with E-state index in [4.69, 9.17) is 9.47 Å². The molecule has 11 atom stereocenters. The van der Waals surface area contributed by atoms with Crippen molar-refractivity contribution in [3.05, 3.63) is 24.3 Å². The van der Waals surface area contributed by atoms with Crippen molar-refractivity contribution in [3.8, 4) is 5.75 Å². The van der Waals surface area contributed by atoms with Crippen LogP contribution in [-0.4, -0.2) is 49.6 Å². The summed E-state index contributed by atoms with van der Waals surface area (Å²) in [4.78, 5) is 12.6. The van der Waals surface area contributed by atoms with E-state index >= 15 is 0 Å². The summed E-state index contributed by atoms with van der Waals surface area (Å²) in [5.41, 5.74) is 0.187. The first kappa shape index (κ1) is 32.6. The van der Waals surface area contributed by atoms with Crippen molar-refractivity contribution in [2.75, 3.05) is 6.61 Å². The van der Waals surface area contributed by atoms with Gasteiger partial charge in [0, 0.05) is 0 Å². The molecule has 43 heavy (non-hydrogen) atoms. The molecule has 242 valence electrons. The second-order valence-electron chi connectivity index (χ2n) is 14.9. The minimum Gasteiger partial charge on any atom is -0.491 e. The van der Waals surface area contributed by atoms with E-state index in [0.717, 1.165) is 51.4 Å². The van der Waals surface area contributed by atoms with Crippen molar-refractivity contribution in [2.24, 2.45) is 52.3 Å². The van der Waals surface area contributed by atoms with E-state index in [1.165, 1.54) is 12.1 Å². The van der Waals surface area contributed by atoms with Gasteiger partial charge in [-0.15, -0.1) is 0 Å². The molecule has 4 fully saturated rings. The van der Waals surface area contributed by atoms with E-state index in [0.29, 0.717) is 29.4 Å². The third-order valence-electron chi connectivity index (χ3n) is 12.4. The summed E-state index contributed by atoms with van der Waals surface area (Å²) in [5.74, 6) is 2.65. The normalized spacial score (nSPS) is 39.7. The molecule has 9 heteroatoms. The molecule has 1 aromatic rings. The maximum absolute atomic E-state index is 12.8. The number of ether oxygens (including phenoxy) is 2. The Morgan fingerprint density at radius 2 is 1.63 bits per heavy atom. The number of carbonyl (C=O) groups excluding carboxylic acids is 1. The molecular formula is C34H53NO7S. The summed E-state index contributed by atoms with van der Waals surface area (Å²) < 4.78 is 38.7. The topological polar surface area (TPSA) is 122 Å². The van der Waals surface area contributed by atoms with Crippen LogP contribution >= 0.6 is 0 Å². The van der Waals surface area contributed by atoms with Crippen LogP contribution < -0.4 is 9.46 Å². The van der Waals surface area contributed by atoms with Crippen molar-refractivity contribution in [2.45, 2.75) is 116 Å². The number of aliphatic hydroxyl groups excluding tert-OH is 2. The largest absolute Gasteiger partial charge is 0.491 e. The first-order chi connectivity index (χ1) is 20.2. The highest BCUT2D eigenvalue weighted by Gasteiger charge is 2.64. The van der Waals surface area contributed by atoms with Gasteiger partial charge in [-0.05, 0) is 135 Å². The number of nitrogens with one attached hydrogen (secondary N) is 1. The Kier molecular flexibility index (Phi) is 9.21. The van der Waals surface area contributed by atoms with E-state index in [1.807, 2.05) is 13.8 Å². The number of rotatable bonds is 8. The Morgan fingerprint density at radius 3 is 2.28 bits per heavy atom. The molecule has 0 unspecified atom stereocenters. The van der Waals surface area contributed by atoms with Crippen LogP contribution in [0.4, 0.5) is 4.79 Å². The molecule has 0 spiro atoms. The van der Waals surface area contributed by atoms with Crippen LogP contribution in [0.3, 0.4) is 0 Å². The Balaban J connectivity index is 1.23. The van der Waals surface area contributed by atoms with Crippen LogP contribution in [-0.2, 0) is 14.8 Å². The lowest BCUT2D eigenvalue weighted by molar-refractivity contribution is -0.203.